The number of aryl methyl sites for hydroxylation is 1. The molecule has 0 bridgehead atoms. The molecular formula is C30H35ClN2O5S. The molecule has 1 aliphatic heterocycles. The number of fused-ring (bicyclic) bond motifs is 2. The summed E-state index contributed by atoms with van der Waals surface area (Å²) in [6.07, 6.45) is 1.54. The van der Waals surface area contributed by atoms with E-state index in [1.54, 1.807) is 19.5 Å². The molecule has 1 N–H and O–H groups in total. The molecule has 2 heterocycles. The first-order chi connectivity index (χ1) is 18.6. The van der Waals surface area contributed by atoms with Crippen molar-refractivity contribution >= 4 is 45.5 Å². The van der Waals surface area contributed by atoms with Gasteiger partial charge in [-0.3, -0.25) is 9.79 Å². The van der Waals surface area contributed by atoms with Crippen LogP contribution in [-0.4, -0.2) is 47.4 Å². The van der Waals surface area contributed by atoms with E-state index in [0.29, 0.717) is 45.0 Å². The van der Waals surface area contributed by atoms with Crippen molar-refractivity contribution in [2.24, 2.45) is 12.0 Å². The van der Waals surface area contributed by atoms with Crippen LogP contribution in [0.25, 0.3) is 21.9 Å². The summed E-state index contributed by atoms with van der Waals surface area (Å²) in [5, 5.41) is 11.1. The molecule has 0 radical (unpaired) electrons. The van der Waals surface area contributed by atoms with Crippen LogP contribution in [0.5, 0.6) is 5.75 Å². The molecule has 208 valence electrons. The third kappa shape index (κ3) is 6.30. The van der Waals surface area contributed by atoms with Gasteiger partial charge in [0, 0.05) is 43.3 Å². The fourth-order valence-electron chi connectivity index (χ4n) is 4.72. The molecule has 0 unspecified atom stereocenters. The van der Waals surface area contributed by atoms with Gasteiger partial charge in [-0.15, -0.1) is 0 Å². The predicted octanol–water partition coefficient (Wildman–Crippen LogP) is 6.10. The van der Waals surface area contributed by atoms with Crippen LogP contribution in [0.3, 0.4) is 0 Å². The van der Waals surface area contributed by atoms with E-state index in [0.717, 1.165) is 42.4 Å². The van der Waals surface area contributed by atoms with E-state index in [-0.39, 0.29) is 5.56 Å². The monoisotopic (exact) mass is 570 g/mol. The fourth-order valence-corrected chi connectivity index (χ4v) is 5.58. The van der Waals surface area contributed by atoms with Crippen LogP contribution >= 0.6 is 23.4 Å². The fraction of sp³-hybridized carbons (Fsp3) is 0.367. The number of hydrogen-bond acceptors (Lipinski definition) is 7. The van der Waals surface area contributed by atoms with Gasteiger partial charge in [0.15, 0.2) is 12.4 Å². The maximum atomic E-state index is 13.7. The number of ether oxygens (including phenoxy) is 2. The summed E-state index contributed by atoms with van der Waals surface area (Å²) >= 11 is 8.36. The van der Waals surface area contributed by atoms with Crippen LogP contribution in [0.2, 0.25) is 5.02 Å². The highest BCUT2D eigenvalue weighted by atomic mass is 35.5. The lowest BCUT2D eigenvalue weighted by atomic mass is 9.92. The number of nitrogens with zero attached hydrogens (tertiary/aromatic N) is 2. The number of pyridine rings is 1. The highest BCUT2D eigenvalue weighted by Gasteiger charge is 2.30. The topological polar surface area (TPSA) is 90.1 Å². The van der Waals surface area contributed by atoms with E-state index in [1.165, 1.54) is 16.3 Å². The second-order valence-corrected chi connectivity index (χ2v) is 11.2. The number of benzene rings is 2. The number of carbonyl (C=O) groups excluding carboxylic acids is 1. The summed E-state index contributed by atoms with van der Waals surface area (Å²) < 4.78 is 13.6. The molecule has 1 aliphatic rings. The zero-order valence-electron chi connectivity index (χ0n) is 23.2. The van der Waals surface area contributed by atoms with Gasteiger partial charge in [-0.1, -0.05) is 54.2 Å². The Morgan fingerprint density at radius 2 is 1.97 bits per heavy atom. The van der Waals surface area contributed by atoms with Gasteiger partial charge in [0.25, 0.3) is 5.56 Å². The van der Waals surface area contributed by atoms with Gasteiger partial charge in [0.2, 0.25) is 0 Å². The van der Waals surface area contributed by atoms with E-state index in [9.17, 15) is 9.59 Å². The molecule has 0 amide bonds. The Labute approximate surface area is 238 Å². The van der Waals surface area contributed by atoms with Crippen LogP contribution in [0, 0.1) is 0 Å². The first-order valence-corrected chi connectivity index (χ1v) is 13.8. The van der Waals surface area contributed by atoms with Crippen LogP contribution < -0.4 is 10.3 Å². The van der Waals surface area contributed by atoms with Crippen molar-refractivity contribution in [2.75, 3.05) is 20.8 Å². The first-order valence-electron chi connectivity index (χ1n) is 12.5. The normalized spacial score (nSPS) is 14.1. The highest BCUT2D eigenvalue weighted by molar-refractivity contribution is 8.16. The van der Waals surface area contributed by atoms with Gasteiger partial charge in [-0.2, -0.15) is 0 Å². The van der Waals surface area contributed by atoms with Crippen molar-refractivity contribution < 1.29 is 19.4 Å². The molecular weight excluding hydrogens is 536 g/mol. The minimum Gasteiger partial charge on any atom is -0.492 e. The van der Waals surface area contributed by atoms with E-state index in [2.05, 4.69) is 11.6 Å². The van der Waals surface area contributed by atoms with Gasteiger partial charge in [-0.25, -0.2) is 0 Å². The van der Waals surface area contributed by atoms with Gasteiger partial charge in [0.05, 0.1) is 22.9 Å². The Bertz CT molecular complexity index is 1470. The molecule has 0 fully saturated rings. The standard InChI is InChI=1S/C29H31ClN2O4S.CH4O/c1-7-37-27(31-5)18-11-12-19-21(15-18)28(34)32(6)25(22(16-33)36-29(2,3)4)23(19)20-13-10-17-9-8-14-35-26(17)24(20)30;1-2/h7,10-13,15-16,22H,1,8-9,14H2,2-6H3;2H,1H3/t22-;/m0./s1. The van der Waals surface area contributed by atoms with E-state index in [4.69, 9.17) is 26.2 Å². The van der Waals surface area contributed by atoms with Gasteiger partial charge >= 0.3 is 0 Å². The minimum absolute atomic E-state index is 0.246. The molecule has 0 saturated carbocycles. The van der Waals surface area contributed by atoms with Crippen molar-refractivity contribution in [2.45, 2.75) is 45.3 Å². The van der Waals surface area contributed by atoms with Crippen LogP contribution in [0.15, 0.2) is 52.1 Å². The number of aliphatic imine (C=N–C) groups is 1. The number of thioether (sulfide) groups is 1. The maximum Gasteiger partial charge on any atom is 0.258 e. The molecule has 7 nitrogen and oxygen atoms in total. The molecule has 4 rings (SSSR count). The Morgan fingerprint density at radius 1 is 1.26 bits per heavy atom. The SMILES string of the molecule is C=CSC(=NC)c1ccc2c(-c3ccc4c(c3Cl)OCCC4)c([C@H](C=O)OC(C)(C)C)n(C)c(=O)c2c1.CO. The van der Waals surface area contributed by atoms with E-state index >= 15 is 0 Å². The number of aliphatic hydroxyl groups excluding tert-OH is 1. The zero-order valence-corrected chi connectivity index (χ0v) is 24.8. The van der Waals surface area contributed by atoms with Crippen LogP contribution in [0.4, 0.5) is 0 Å². The summed E-state index contributed by atoms with van der Waals surface area (Å²) in [6, 6.07) is 9.57. The second-order valence-electron chi connectivity index (χ2n) is 9.85. The molecule has 3 aromatic rings. The van der Waals surface area contributed by atoms with Gasteiger partial charge < -0.3 is 23.9 Å². The third-order valence-electron chi connectivity index (χ3n) is 6.24. The zero-order chi connectivity index (χ0) is 28.9. The lowest BCUT2D eigenvalue weighted by molar-refractivity contribution is -0.129. The number of rotatable bonds is 6. The first kappa shape index (κ1) is 30.6. The average molecular weight is 571 g/mol. The number of aldehydes is 1. The van der Waals surface area contributed by atoms with Crippen LogP contribution in [-0.2, 0) is 23.0 Å². The number of carbonyl (C=O) groups is 1. The maximum absolute atomic E-state index is 13.7. The number of halogens is 1. The number of aliphatic hydroxyl groups is 1. The largest absolute Gasteiger partial charge is 0.492 e. The quantitative estimate of drug-likeness (QED) is 0.219. The van der Waals surface area contributed by atoms with E-state index in [1.807, 2.05) is 51.1 Å². The van der Waals surface area contributed by atoms with Gasteiger partial charge in [-0.05, 0) is 56.0 Å². The molecule has 0 saturated heterocycles. The molecule has 2 aromatic carbocycles. The number of aromatic nitrogens is 1. The Morgan fingerprint density at radius 3 is 2.59 bits per heavy atom. The Kier molecular flexibility index (Phi) is 10.2. The molecule has 39 heavy (non-hydrogen) atoms. The molecule has 1 aromatic heterocycles. The van der Waals surface area contributed by atoms with Crippen molar-refractivity contribution in [3.05, 3.63) is 74.5 Å². The minimum atomic E-state index is -0.992. The average Bonchev–Trinajstić information content (AvgIpc) is 2.93. The molecule has 0 spiro atoms. The summed E-state index contributed by atoms with van der Waals surface area (Å²) in [4.78, 5) is 30.5. The van der Waals surface area contributed by atoms with Crippen molar-refractivity contribution in [3.8, 4) is 16.9 Å². The molecule has 0 aliphatic carbocycles. The summed E-state index contributed by atoms with van der Waals surface area (Å²) in [5.41, 5.74) is 2.75. The predicted molar refractivity (Wildman–Crippen MR) is 161 cm³/mol. The lowest BCUT2D eigenvalue weighted by Crippen LogP contribution is -2.30. The van der Waals surface area contributed by atoms with Gasteiger partial charge in [0.1, 0.15) is 10.8 Å². The van der Waals surface area contributed by atoms with Crippen molar-refractivity contribution in [1.82, 2.24) is 4.57 Å². The third-order valence-corrected chi connectivity index (χ3v) is 7.43. The Hall–Kier alpha value is -2.91. The summed E-state index contributed by atoms with van der Waals surface area (Å²) in [6.45, 7) is 9.98. The number of hydrogen-bond donors (Lipinski definition) is 1. The smallest absolute Gasteiger partial charge is 0.258 e. The Balaban J connectivity index is 0.00000205. The van der Waals surface area contributed by atoms with E-state index < -0.39 is 11.7 Å². The summed E-state index contributed by atoms with van der Waals surface area (Å²) in [7, 11) is 4.36. The van der Waals surface area contributed by atoms with Crippen molar-refractivity contribution in [1.29, 1.82) is 0 Å². The van der Waals surface area contributed by atoms with Crippen LogP contribution in [0.1, 0.15) is 50.1 Å². The molecule has 9 heteroatoms. The lowest BCUT2D eigenvalue weighted by Gasteiger charge is -2.29. The molecule has 1 atom stereocenters. The summed E-state index contributed by atoms with van der Waals surface area (Å²) in [5.74, 6) is 0.650. The highest BCUT2D eigenvalue weighted by Crippen LogP contribution is 2.45. The van der Waals surface area contributed by atoms with Crippen molar-refractivity contribution in [3.63, 3.8) is 0 Å². The second kappa shape index (κ2) is 13.0.